The summed E-state index contributed by atoms with van der Waals surface area (Å²) in [6.45, 7) is 0.0404. The van der Waals surface area contributed by atoms with Gasteiger partial charge in [0.1, 0.15) is 12.6 Å². The van der Waals surface area contributed by atoms with Gasteiger partial charge >= 0.3 is 5.97 Å². The summed E-state index contributed by atoms with van der Waals surface area (Å²) in [6.07, 6.45) is 5.23. The Morgan fingerprint density at radius 1 is 1.39 bits per heavy atom. The number of aryl methyl sites for hydroxylation is 1. The van der Waals surface area contributed by atoms with Crippen LogP contribution in [0.25, 0.3) is 10.9 Å². The van der Waals surface area contributed by atoms with E-state index in [4.69, 9.17) is 4.74 Å². The van der Waals surface area contributed by atoms with Crippen LogP contribution < -0.4 is 4.57 Å². The molecule has 0 fully saturated rings. The first-order valence-corrected chi connectivity index (χ1v) is 6.90. The maximum atomic E-state index is 12.0. The third-order valence-electron chi connectivity index (χ3n) is 3.48. The highest BCUT2D eigenvalue weighted by Crippen LogP contribution is 2.22. The smallest absolute Gasteiger partial charge is 0.345 e. The normalized spacial score (nSPS) is 10.7. The molecule has 0 amide bonds. The Balaban J connectivity index is 0.00000208. The highest BCUT2D eigenvalue weighted by Gasteiger charge is 2.12. The van der Waals surface area contributed by atoms with Crippen molar-refractivity contribution in [1.29, 1.82) is 0 Å². The zero-order valence-corrected chi connectivity index (χ0v) is 12.4. The number of nitro benzene ring substituents is 1. The Morgan fingerprint density at radius 2 is 2.22 bits per heavy atom. The molecule has 0 radical (unpaired) electrons. The molecule has 3 aromatic rings. The largest absolute Gasteiger partial charge is 1.00 e. The molecule has 23 heavy (non-hydrogen) atoms. The molecule has 118 valence electrons. The summed E-state index contributed by atoms with van der Waals surface area (Å²) in [6, 6.07) is 9.76. The van der Waals surface area contributed by atoms with Crippen molar-refractivity contribution in [3.05, 3.63) is 70.7 Å². The maximum Gasteiger partial charge on any atom is 0.345 e. The lowest BCUT2D eigenvalue weighted by molar-refractivity contribution is -0.671. The van der Waals surface area contributed by atoms with Gasteiger partial charge in [0.15, 0.2) is 19.1 Å². The zero-order valence-electron chi connectivity index (χ0n) is 13.4. The molecule has 0 atom stereocenters. The summed E-state index contributed by atoms with van der Waals surface area (Å²) in [7, 11) is 1.82. The van der Waals surface area contributed by atoms with Crippen molar-refractivity contribution in [2.45, 2.75) is 6.73 Å². The third-order valence-corrected chi connectivity index (χ3v) is 3.48. The topological polar surface area (TPSA) is 78.2 Å². The van der Waals surface area contributed by atoms with Gasteiger partial charge in [0, 0.05) is 29.8 Å². The Kier molecular flexibility index (Phi) is 3.76. The van der Waals surface area contributed by atoms with Crippen molar-refractivity contribution in [3.8, 4) is 0 Å². The van der Waals surface area contributed by atoms with E-state index in [-0.39, 0.29) is 13.8 Å². The average molecular weight is 315 g/mol. The summed E-state index contributed by atoms with van der Waals surface area (Å²) >= 11 is 0. The number of aromatic nitrogens is 2. The van der Waals surface area contributed by atoms with Crippen LogP contribution >= 0.6 is 0 Å². The molecule has 0 unspecified atom stereocenters. The van der Waals surface area contributed by atoms with Crippen LogP contribution in [0.3, 0.4) is 0 Å². The van der Waals surface area contributed by atoms with Crippen LogP contribution in [0.1, 0.15) is 11.8 Å². The number of carbonyl (C=O) groups excluding carboxylic acids is 1. The van der Waals surface area contributed by atoms with Crippen molar-refractivity contribution < 1.29 is 20.4 Å². The van der Waals surface area contributed by atoms with Gasteiger partial charge in [0.05, 0.1) is 10.4 Å². The minimum absolute atomic E-state index is 0. The van der Waals surface area contributed by atoms with Crippen LogP contribution in [-0.2, 0) is 18.5 Å². The van der Waals surface area contributed by atoms with Crippen LogP contribution in [0.15, 0.2) is 55.0 Å². The molecule has 0 aliphatic carbocycles. The summed E-state index contributed by atoms with van der Waals surface area (Å²) < 4.78 is 8.78. The number of hydrogen-bond acceptors (Lipinski definition) is 4. The second-order valence-corrected chi connectivity index (χ2v) is 5.10. The Bertz CT molecular complexity index is 907. The first-order chi connectivity index (χ1) is 11.0. The number of ether oxygens (including phenoxy) is 1. The van der Waals surface area contributed by atoms with Gasteiger partial charge in [-0.1, -0.05) is 0 Å². The van der Waals surface area contributed by atoms with Gasteiger partial charge in [0.2, 0.25) is 0 Å². The first kappa shape index (κ1) is 14.7. The van der Waals surface area contributed by atoms with E-state index < -0.39 is 10.9 Å². The number of esters is 1. The highest BCUT2D eigenvalue weighted by atomic mass is 16.6. The number of hydrogen-bond donors (Lipinski definition) is 0. The van der Waals surface area contributed by atoms with Crippen molar-refractivity contribution >= 4 is 22.6 Å². The minimum atomic E-state index is -0.438. The van der Waals surface area contributed by atoms with Crippen molar-refractivity contribution in [2.75, 3.05) is 0 Å². The molecule has 0 N–H and O–H groups in total. The lowest BCUT2D eigenvalue weighted by atomic mass is 10.2. The van der Waals surface area contributed by atoms with Gasteiger partial charge in [-0.3, -0.25) is 10.1 Å². The predicted molar refractivity (Wildman–Crippen MR) is 82.7 cm³/mol. The summed E-state index contributed by atoms with van der Waals surface area (Å²) in [4.78, 5) is 22.4. The summed E-state index contributed by atoms with van der Waals surface area (Å²) in [5, 5.41) is 11.5. The fraction of sp³-hybridized carbons (Fsp3) is 0.125. The monoisotopic (exact) mass is 315 g/mol. The summed E-state index contributed by atoms with van der Waals surface area (Å²) in [5.41, 5.74) is 1.26. The van der Waals surface area contributed by atoms with Gasteiger partial charge in [-0.2, -0.15) is 0 Å². The lowest BCUT2D eigenvalue weighted by Crippen LogP contribution is -2.28. The van der Waals surface area contributed by atoms with Gasteiger partial charge in [0.25, 0.3) is 5.69 Å². The molecule has 3 rings (SSSR count). The molecule has 0 aliphatic heterocycles. The van der Waals surface area contributed by atoms with Crippen molar-refractivity contribution in [3.63, 3.8) is 0 Å². The number of pyridine rings is 1. The second kappa shape index (κ2) is 5.88. The molecule has 2 heterocycles. The van der Waals surface area contributed by atoms with Crippen LogP contribution in [0.5, 0.6) is 0 Å². The first-order valence-electron chi connectivity index (χ1n) is 6.90. The Morgan fingerprint density at radius 3 is 2.96 bits per heavy atom. The maximum absolute atomic E-state index is 12.0. The summed E-state index contributed by atoms with van der Waals surface area (Å²) in [5.74, 6) is -0.426. The fourth-order valence-electron chi connectivity index (χ4n) is 2.33. The van der Waals surface area contributed by atoms with E-state index in [0.717, 1.165) is 10.9 Å². The van der Waals surface area contributed by atoms with Crippen LogP contribution in [0.2, 0.25) is 0 Å². The van der Waals surface area contributed by atoms with E-state index in [1.54, 1.807) is 45.8 Å². The molecule has 7 heteroatoms. The van der Waals surface area contributed by atoms with E-state index in [9.17, 15) is 14.9 Å². The number of rotatable bonds is 4. The van der Waals surface area contributed by atoms with Crippen LogP contribution in [0.4, 0.5) is 5.69 Å². The molecular formula is C16H15N3O4. The van der Waals surface area contributed by atoms with E-state index in [2.05, 4.69) is 0 Å². The van der Waals surface area contributed by atoms with Crippen LogP contribution in [-0.4, -0.2) is 15.5 Å². The molecule has 1 aromatic carbocycles. The molecular weight excluding hydrogens is 298 g/mol. The van der Waals surface area contributed by atoms with Crippen LogP contribution in [0, 0.1) is 10.1 Å². The van der Waals surface area contributed by atoms with E-state index in [1.165, 1.54) is 12.1 Å². The molecule has 0 aliphatic rings. The fourth-order valence-corrected chi connectivity index (χ4v) is 2.33. The van der Waals surface area contributed by atoms with E-state index >= 15 is 0 Å². The average Bonchev–Trinajstić information content (AvgIpc) is 2.94. The molecule has 0 saturated heterocycles. The number of nitro groups is 1. The van der Waals surface area contributed by atoms with Gasteiger partial charge in [-0.05, 0) is 18.2 Å². The standard InChI is InChI=1S/C16H14N3O4.H/c1-17-7-2-3-13(10-17)16(20)23-11-18-8-6-12-9-14(19(21)22)4-5-15(12)18;/h2-10H,11H2,1H3;/q+1;-1/i;1+2. The zero-order chi connectivity index (χ0) is 16.4. The molecule has 7 nitrogen and oxygen atoms in total. The van der Waals surface area contributed by atoms with E-state index in [0.29, 0.717) is 5.56 Å². The molecule has 0 spiro atoms. The number of fused-ring (bicyclic) bond motifs is 1. The van der Waals surface area contributed by atoms with Gasteiger partial charge < -0.3 is 10.7 Å². The number of benzene rings is 1. The highest BCUT2D eigenvalue weighted by molar-refractivity contribution is 5.88. The molecule has 0 saturated carbocycles. The number of nitrogens with zero attached hydrogens (tertiary/aromatic N) is 3. The van der Waals surface area contributed by atoms with Crippen molar-refractivity contribution in [2.24, 2.45) is 7.05 Å². The van der Waals surface area contributed by atoms with Gasteiger partial charge in [-0.25, -0.2) is 9.36 Å². The van der Waals surface area contributed by atoms with Gasteiger partial charge in [-0.15, -0.1) is 0 Å². The predicted octanol–water partition coefficient (Wildman–Crippen LogP) is 2.30. The number of carbonyl (C=O) groups is 1. The minimum Gasteiger partial charge on any atom is -1.00 e. The quantitative estimate of drug-likeness (QED) is 0.320. The van der Waals surface area contributed by atoms with E-state index in [1.807, 2.05) is 13.2 Å². The third kappa shape index (κ3) is 3.03. The second-order valence-electron chi connectivity index (χ2n) is 5.10. The van der Waals surface area contributed by atoms with Crippen molar-refractivity contribution in [1.82, 2.24) is 4.57 Å². The number of non-ortho nitro benzene ring substituents is 1. The Hall–Kier alpha value is -3.22. The molecule has 0 bridgehead atoms. The lowest BCUT2D eigenvalue weighted by Gasteiger charge is -2.07. The Labute approximate surface area is 133 Å². The SMILES string of the molecule is C[n+]1cccc(C(=O)OCn2ccc3cc([N+](=O)[O-])ccc32)c1.[3H-]. The molecule has 2 aromatic heterocycles.